The van der Waals surface area contributed by atoms with Crippen LogP contribution in [0.2, 0.25) is 0 Å². The lowest BCUT2D eigenvalue weighted by Crippen LogP contribution is -2.21. The molecule has 0 aliphatic rings. The zero-order chi connectivity index (χ0) is 25.4. The number of benzene rings is 2. The molecule has 2 aromatic carbocycles. The van der Waals surface area contributed by atoms with E-state index in [-0.39, 0.29) is 34.1 Å². The van der Waals surface area contributed by atoms with E-state index in [1.54, 1.807) is 0 Å². The predicted molar refractivity (Wildman–Crippen MR) is 116 cm³/mol. The lowest BCUT2D eigenvalue weighted by Gasteiger charge is -2.14. The molecule has 2 heterocycles. The maximum absolute atomic E-state index is 13.5. The van der Waals surface area contributed by atoms with Gasteiger partial charge in [-0.2, -0.15) is 26.3 Å². The summed E-state index contributed by atoms with van der Waals surface area (Å²) in [5.41, 5.74) is -1.63. The maximum Gasteiger partial charge on any atom is 0.418 e. The van der Waals surface area contributed by atoms with Crippen molar-refractivity contribution in [1.29, 1.82) is 0 Å². The molecule has 1 amide bonds. The van der Waals surface area contributed by atoms with Crippen molar-refractivity contribution in [2.75, 3.05) is 12.4 Å². The fraction of sp³-hybridized carbons (Fsp3) is 0.130. The molecule has 0 bridgehead atoms. The number of rotatable bonds is 4. The number of halogens is 6. The van der Waals surface area contributed by atoms with Crippen LogP contribution in [0.25, 0.3) is 22.2 Å². The maximum atomic E-state index is 13.5. The first-order valence-corrected chi connectivity index (χ1v) is 9.98. The summed E-state index contributed by atoms with van der Waals surface area (Å²) in [6, 6.07) is 10.4. The molecule has 0 unspecified atom stereocenters. The molecule has 4 rings (SSSR count). The van der Waals surface area contributed by atoms with E-state index >= 15 is 0 Å². The van der Waals surface area contributed by atoms with Gasteiger partial charge in [0.1, 0.15) is 5.82 Å². The normalized spacial score (nSPS) is 12.0. The van der Waals surface area contributed by atoms with Crippen LogP contribution in [0.1, 0.15) is 21.7 Å². The number of carbonyl (C=O) groups excluding carboxylic acids is 1. The molecule has 0 saturated heterocycles. The first-order valence-electron chi connectivity index (χ1n) is 9.98. The third-order valence-corrected chi connectivity index (χ3v) is 4.99. The smallest absolute Gasteiger partial charge is 0.352 e. The molecule has 180 valence electrons. The Morgan fingerprint density at radius 3 is 2.23 bits per heavy atom. The Morgan fingerprint density at radius 1 is 0.886 bits per heavy atom. The van der Waals surface area contributed by atoms with Crippen LogP contribution in [0.3, 0.4) is 0 Å². The van der Waals surface area contributed by atoms with Crippen LogP contribution >= 0.6 is 0 Å². The second-order valence-electron chi connectivity index (χ2n) is 7.30. The minimum absolute atomic E-state index is 0.0805. The Hall–Kier alpha value is -4.22. The van der Waals surface area contributed by atoms with Gasteiger partial charge in [0.2, 0.25) is 5.82 Å². The Bertz CT molecular complexity index is 1400. The molecule has 2 N–H and O–H groups in total. The highest BCUT2D eigenvalue weighted by atomic mass is 19.4. The molecule has 4 aromatic rings. The van der Waals surface area contributed by atoms with E-state index in [1.165, 1.54) is 49.6 Å². The topological polar surface area (TPSA) is 79.8 Å². The molecule has 6 nitrogen and oxygen atoms in total. The lowest BCUT2D eigenvalue weighted by atomic mass is 10.0. The number of amides is 1. The number of pyridine rings is 1. The highest BCUT2D eigenvalue weighted by molar-refractivity contribution is 5.98. The number of hydrogen-bond acceptors (Lipinski definition) is 5. The van der Waals surface area contributed by atoms with Gasteiger partial charge in [-0.1, -0.05) is 6.07 Å². The fourth-order valence-electron chi connectivity index (χ4n) is 3.33. The van der Waals surface area contributed by atoms with Crippen molar-refractivity contribution in [2.45, 2.75) is 12.4 Å². The van der Waals surface area contributed by atoms with E-state index in [0.717, 1.165) is 18.2 Å². The van der Waals surface area contributed by atoms with Crippen molar-refractivity contribution >= 4 is 28.3 Å². The van der Waals surface area contributed by atoms with E-state index < -0.39 is 29.4 Å². The second-order valence-corrected chi connectivity index (χ2v) is 7.30. The number of fused-ring (bicyclic) bond motifs is 1. The van der Waals surface area contributed by atoms with Crippen LogP contribution in [0.15, 0.2) is 60.8 Å². The third kappa shape index (κ3) is 5.00. The number of aromatic nitrogens is 3. The molecular weight excluding hydrogens is 476 g/mol. The third-order valence-electron chi connectivity index (χ3n) is 4.99. The van der Waals surface area contributed by atoms with Gasteiger partial charge < -0.3 is 10.6 Å². The van der Waals surface area contributed by atoms with Crippen LogP contribution in [0, 0.1) is 0 Å². The van der Waals surface area contributed by atoms with Crippen LogP contribution < -0.4 is 10.6 Å². The predicted octanol–water partition coefficient (Wildman–Crippen LogP) is 5.83. The molecule has 0 aliphatic carbocycles. The van der Waals surface area contributed by atoms with E-state index in [4.69, 9.17) is 0 Å². The molecular formula is C23H15F6N5O. The average molecular weight is 491 g/mol. The minimum Gasteiger partial charge on any atom is -0.352 e. The summed E-state index contributed by atoms with van der Waals surface area (Å²) < 4.78 is 79.0. The standard InChI is InChI=1S/C23H15F6N5O/c1-30-21(35)20-33-17-11-12(18-16(23(27,28)29)3-2-10-31-18)4-9-15(17)19(34-20)32-14-7-5-13(6-8-14)22(24,25)26/h2-11H,1H3,(H,30,35)(H,32,33,34). The molecule has 0 fully saturated rings. The van der Waals surface area contributed by atoms with E-state index in [9.17, 15) is 31.1 Å². The number of alkyl halides is 6. The Kier molecular flexibility index (Phi) is 6.05. The summed E-state index contributed by atoms with van der Waals surface area (Å²) in [5, 5.41) is 5.53. The fourth-order valence-corrected chi connectivity index (χ4v) is 3.33. The minimum atomic E-state index is -4.65. The average Bonchev–Trinajstić information content (AvgIpc) is 2.82. The van der Waals surface area contributed by atoms with Gasteiger partial charge in [-0.25, -0.2) is 9.97 Å². The molecule has 2 aromatic heterocycles. The largest absolute Gasteiger partial charge is 0.418 e. The SMILES string of the molecule is CNC(=O)c1nc(Nc2ccc(C(F)(F)F)cc2)c2ccc(-c3ncccc3C(F)(F)F)cc2n1. The van der Waals surface area contributed by atoms with Gasteiger partial charge in [0, 0.05) is 29.9 Å². The first kappa shape index (κ1) is 23.9. The number of carbonyl (C=O) groups is 1. The summed E-state index contributed by atoms with van der Waals surface area (Å²) >= 11 is 0. The van der Waals surface area contributed by atoms with Gasteiger partial charge in [-0.05, 0) is 48.5 Å². The zero-order valence-corrected chi connectivity index (χ0v) is 17.8. The Morgan fingerprint density at radius 2 is 1.60 bits per heavy atom. The van der Waals surface area contributed by atoms with Gasteiger partial charge in [0.05, 0.1) is 22.3 Å². The van der Waals surface area contributed by atoms with Crippen molar-refractivity contribution < 1.29 is 31.1 Å². The Balaban J connectivity index is 1.83. The number of anilines is 2. The summed E-state index contributed by atoms with van der Waals surface area (Å²) in [6.07, 6.45) is -7.93. The summed E-state index contributed by atoms with van der Waals surface area (Å²) in [4.78, 5) is 24.4. The van der Waals surface area contributed by atoms with Crippen LogP contribution in [-0.2, 0) is 12.4 Å². The lowest BCUT2D eigenvalue weighted by molar-refractivity contribution is -0.138. The summed E-state index contributed by atoms with van der Waals surface area (Å²) in [5.74, 6) is -0.873. The van der Waals surface area contributed by atoms with E-state index in [1.807, 2.05) is 0 Å². The van der Waals surface area contributed by atoms with Crippen molar-refractivity contribution in [3.8, 4) is 11.3 Å². The quantitative estimate of drug-likeness (QED) is 0.351. The molecule has 12 heteroatoms. The van der Waals surface area contributed by atoms with Crippen LogP contribution in [-0.4, -0.2) is 27.9 Å². The molecule has 0 atom stereocenters. The molecule has 0 aliphatic heterocycles. The van der Waals surface area contributed by atoms with E-state index in [0.29, 0.717) is 5.39 Å². The van der Waals surface area contributed by atoms with Crippen molar-refractivity contribution in [3.05, 3.63) is 77.7 Å². The number of hydrogen-bond donors (Lipinski definition) is 2. The highest BCUT2D eigenvalue weighted by Gasteiger charge is 2.34. The van der Waals surface area contributed by atoms with Crippen molar-refractivity contribution in [3.63, 3.8) is 0 Å². The van der Waals surface area contributed by atoms with E-state index in [2.05, 4.69) is 25.6 Å². The summed E-state index contributed by atoms with van der Waals surface area (Å²) in [6.45, 7) is 0. The van der Waals surface area contributed by atoms with Gasteiger partial charge in [0.25, 0.3) is 5.91 Å². The van der Waals surface area contributed by atoms with Gasteiger partial charge in [-0.3, -0.25) is 9.78 Å². The monoisotopic (exact) mass is 491 g/mol. The number of nitrogens with one attached hydrogen (secondary N) is 2. The van der Waals surface area contributed by atoms with Gasteiger partial charge in [-0.15, -0.1) is 0 Å². The van der Waals surface area contributed by atoms with Crippen LogP contribution in [0.4, 0.5) is 37.8 Å². The summed E-state index contributed by atoms with van der Waals surface area (Å²) in [7, 11) is 1.35. The molecule has 0 radical (unpaired) electrons. The van der Waals surface area contributed by atoms with Gasteiger partial charge >= 0.3 is 12.4 Å². The molecule has 0 saturated carbocycles. The Labute approximate surface area is 194 Å². The second kappa shape index (κ2) is 8.85. The zero-order valence-electron chi connectivity index (χ0n) is 17.8. The molecule has 0 spiro atoms. The highest BCUT2D eigenvalue weighted by Crippen LogP contribution is 2.37. The first-order chi connectivity index (χ1) is 16.5. The molecule has 35 heavy (non-hydrogen) atoms. The van der Waals surface area contributed by atoms with Crippen molar-refractivity contribution in [1.82, 2.24) is 20.3 Å². The van der Waals surface area contributed by atoms with Crippen molar-refractivity contribution in [2.24, 2.45) is 0 Å². The number of nitrogens with zero attached hydrogens (tertiary/aromatic N) is 3. The van der Waals surface area contributed by atoms with Gasteiger partial charge in [0.15, 0.2) is 0 Å². The van der Waals surface area contributed by atoms with Crippen LogP contribution in [0.5, 0.6) is 0 Å².